The van der Waals surface area contributed by atoms with Crippen molar-refractivity contribution in [3.63, 3.8) is 0 Å². The second-order valence-corrected chi connectivity index (χ2v) is 5.27. The van der Waals surface area contributed by atoms with Gasteiger partial charge in [-0.1, -0.05) is 0 Å². The largest absolute Gasteiger partial charge is 0.384 e. The summed E-state index contributed by atoms with van der Waals surface area (Å²) in [6.45, 7) is 3.14. The van der Waals surface area contributed by atoms with Crippen LogP contribution in [0.1, 0.15) is 19.3 Å². The molecule has 0 aromatic heterocycles. The molecule has 2 aliphatic rings. The fourth-order valence-corrected chi connectivity index (χ4v) is 2.56. The quantitative estimate of drug-likeness (QED) is 0.741. The van der Waals surface area contributed by atoms with Gasteiger partial charge < -0.3 is 15.0 Å². The molecule has 0 aromatic rings. The summed E-state index contributed by atoms with van der Waals surface area (Å²) in [4.78, 5) is 14.3. The summed E-state index contributed by atoms with van der Waals surface area (Å²) in [6, 6.07) is 0. The third kappa shape index (κ3) is 2.38. The third-order valence-corrected chi connectivity index (χ3v) is 3.69. The molecule has 1 N–H and O–H groups in total. The summed E-state index contributed by atoms with van der Waals surface area (Å²) in [5.41, 5.74) is -0.307. The maximum atomic E-state index is 12.4. The Morgan fingerprint density at radius 2 is 2.31 bits per heavy atom. The van der Waals surface area contributed by atoms with Crippen molar-refractivity contribution in [2.75, 3.05) is 40.4 Å². The number of nitrogens with zero attached hydrogens (tertiary/aromatic N) is 1. The van der Waals surface area contributed by atoms with Crippen molar-refractivity contribution < 1.29 is 9.53 Å². The summed E-state index contributed by atoms with van der Waals surface area (Å²) in [7, 11) is 3.60. The van der Waals surface area contributed by atoms with Crippen LogP contribution < -0.4 is 5.32 Å². The van der Waals surface area contributed by atoms with Crippen LogP contribution in [0.4, 0.5) is 0 Å². The van der Waals surface area contributed by atoms with Crippen molar-refractivity contribution in [1.29, 1.82) is 0 Å². The summed E-state index contributed by atoms with van der Waals surface area (Å²) in [5.74, 6) is 1.01. The highest BCUT2D eigenvalue weighted by atomic mass is 16.5. The Balaban J connectivity index is 1.97. The summed E-state index contributed by atoms with van der Waals surface area (Å²) in [5, 5.41) is 3.28. The van der Waals surface area contributed by atoms with Crippen molar-refractivity contribution >= 4 is 5.91 Å². The minimum absolute atomic E-state index is 0.256. The molecule has 1 saturated heterocycles. The van der Waals surface area contributed by atoms with Crippen molar-refractivity contribution in [2.24, 2.45) is 11.3 Å². The number of carbonyl (C=O) groups excluding carboxylic acids is 1. The van der Waals surface area contributed by atoms with Gasteiger partial charge in [-0.15, -0.1) is 0 Å². The SMILES string of the molecule is COCC1(C(=O)N(C)CC2CC2)CCNC1. The molecule has 1 amide bonds. The van der Waals surface area contributed by atoms with E-state index in [-0.39, 0.29) is 11.3 Å². The summed E-state index contributed by atoms with van der Waals surface area (Å²) in [6.07, 6.45) is 3.47. The van der Waals surface area contributed by atoms with Gasteiger partial charge in [0.05, 0.1) is 12.0 Å². The van der Waals surface area contributed by atoms with Gasteiger partial charge in [0, 0.05) is 27.2 Å². The topological polar surface area (TPSA) is 41.6 Å². The molecule has 2 rings (SSSR count). The van der Waals surface area contributed by atoms with Crippen LogP contribution in [0.25, 0.3) is 0 Å². The van der Waals surface area contributed by atoms with Crippen molar-refractivity contribution in [3.05, 3.63) is 0 Å². The second kappa shape index (κ2) is 4.72. The first kappa shape index (κ1) is 11.9. The number of carbonyl (C=O) groups is 1. The van der Waals surface area contributed by atoms with E-state index in [1.165, 1.54) is 12.8 Å². The standard InChI is InChI=1S/C12H22N2O2/c1-14(7-10-3-4-10)11(15)12(9-16-2)5-6-13-8-12/h10,13H,3-9H2,1-2H3. The lowest BCUT2D eigenvalue weighted by atomic mass is 9.86. The number of ether oxygens (including phenoxy) is 1. The molecule has 92 valence electrons. The Bertz CT molecular complexity index is 258. The van der Waals surface area contributed by atoms with Crippen molar-refractivity contribution in [3.8, 4) is 0 Å². The van der Waals surface area contributed by atoms with Gasteiger partial charge in [-0.05, 0) is 31.7 Å². The van der Waals surface area contributed by atoms with E-state index in [1.54, 1.807) is 7.11 Å². The minimum Gasteiger partial charge on any atom is -0.384 e. The molecule has 1 heterocycles. The van der Waals surface area contributed by atoms with E-state index in [0.29, 0.717) is 6.61 Å². The number of methoxy groups -OCH3 is 1. The van der Waals surface area contributed by atoms with Gasteiger partial charge in [0.1, 0.15) is 0 Å². The van der Waals surface area contributed by atoms with Crippen molar-refractivity contribution in [2.45, 2.75) is 19.3 Å². The van der Waals surface area contributed by atoms with Crippen LogP contribution in [-0.2, 0) is 9.53 Å². The second-order valence-electron chi connectivity index (χ2n) is 5.27. The molecule has 0 radical (unpaired) electrons. The Labute approximate surface area is 97.3 Å². The number of amides is 1. The smallest absolute Gasteiger partial charge is 0.232 e. The number of hydrogen-bond donors (Lipinski definition) is 1. The molecular weight excluding hydrogens is 204 g/mol. The molecule has 0 aromatic carbocycles. The average molecular weight is 226 g/mol. The number of hydrogen-bond acceptors (Lipinski definition) is 3. The van der Waals surface area contributed by atoms with Gasteiger partial charge in [0.25, 0.3) is 0 Å². The third-order valence-electron chi connectivity index (χ3n) is 3.69. The molecule has 4 heteroatoms. The van der Waals surface area contributed by atoms with Crippen LogP contribution in [0, 0.1) is 11.3 Å². The minimum atomic E-state index is -0.307. The van der Waals surface area contributed by atoms with Gasteiger partial charge in [-0.3, -0.25) is 4.79 Å². The molecule has 0 spiro atoms. The summed E-state index contributed by atoms with van der Waals surface area (Å²) < 4.78 is 5.23. The lowest BCUT2D eigenvalue weighted by Gasteiger charge is -2.31. The van der Waals surface area contributed by atoms with Crippen LogP contribution in [-0.4, -0.2) is 51.2 Å². The van der Waals surface area contributed by atoms with Crippen LogP contribution in [0.3, 0.4) is 0 Å². The maximum Gasteiger partial charge on any atom is 0.232 e. The van der Waals surface area contributed by atoms with E-state index in [0.717, 1.165) is 32.0 Å². The molecule has 2 fully saturated rings. The van der Waals surface area contributed by atoms with E-state index in [9.17, 15) is 4.79 Å². The molecule has 1 atom stereocenters. The number of nitrogens with one attached hydrogen (secondary N) is 1. The monoisotopic (exact) mass is 226 g/mol. The molecule has 0 bridgehead atoms. The van der Waals surface area contributed by atoms with Crippen molar-refractivity contribution in [1.82, 2.24) is 10.2 Å². The average Bonchev–Trinajstić information content (AvgIpc) is 2.95. The highest BCUT2D eigenvalue weighted by molar-refractivity contribution is 5.83. The van der Waals surface area contributed by atoms with E-state index in [1.807, 2.05) is 11.9 Å². The molecule has 1 unspecified atom stereocenters. The molecule has 1 aliphatic heterocycles. The van der Waals surface area contributed by atoms with E-state index in [2.05, 4.69) is 5.32 Å². The molecule has 16 heavy (non-hydrogen) atoms. The van der Waals surface area contributed by atoms with Gasteiger partial charge in [0.15, 0.2) is 0 Å². The lowest BCUT2D eigenvalue weighted by Crippen LogP contribution is -2.46. The van der Waals surface area contributed by atoms with Gasteiger partial charge >= 0.3 is 0 Å². The first-order valence-electron chi connectivity index (χ1n) is 6.13. The van der Waals surface area contributed by atoms with Crippen LogP contribution in [0.15, 0.2) is 0 Å². The zero-order valence-corrected chi connectivity index (χ0v) is 10.3. The number of rotatable bonds is 5. The Morgan fingerprint density at radius 3 is 2.81 bits per heavy atom. The van der Waals surface area contributed by atoms with Crippen LogP contribution >= 0.6 is 0 Å². The summed E-state index contributed by atoms with van der Waals surface area (Å²) >= 11 is 0. The molecule has 1 saturated carbocycles. The maximum absolute atomic E-state index is 12.4. The zero-order valence-electron chi connectivity index (χ0n) is 10.3. The Hall–Kier alpha value is -0.610. The normalized spacial score (nSPS) is 29.4. The lowest BCUT2D eigenvalue weighted by molar-refractivity contribution is -0.143. The van der Waals surface area contributed by atoms with Gasteiger partial charge in [0.2, 0.25) is 5.91 Å². The highest BCUT2D eigenvalue weighted by Crippen LogP contribution is 2.32. The molecular formula is C12H22N2O2. The predicted molar refractivity (Wildman–Crippen MR) is 62.2 cm³/mol. The van der Waals surface area contributed by atoms with Crippen LogP contribution in [0.2, 0.25) is 0 Å². The first-order chi connectivity index (χ1) is 7.68. The Kier molecular flexibility index (Phi) is 3.50. The van der Waals surface area contributed by atoms with E-state index < -0.39 is 0 Å². The van der Waals surface area contributed by atoms with Gasteiger partial charge in [-0.2, -0.15) is 0 Å². The molecule has 4 nitrogen and oxygen atoms in total. The fraction of sp³-hybridized carbons (Fsp3) is 0.917. The predicted octanol–water partition coefficient (Wildman–Crippen LogP) is 0.481. The van der Waals surface area contributed by atoms with Crippen LogP contribution in [0.5, 0.6) is 0 Å². The van der Waals surface area contributed by atoms with Gasteiger partial charge in [-0.25, -0.2) is 0 Å². The van der Waals surface area contributed by atoms with E-state index in [4.69, 9.17) is 4.74 Å². The fourth-order valence-electron chi connectivity index (χ4n) is 2.56. The Morgan fingerprint density at radius 1 is 1.56 bits per heavy atom. The first-order valence-corrected chi connectivity index (χ1v) is 6.13. The zero-order chi connectivity index (χ0) is 11.6. The molecule has 1 aliphatic carbocycles. The highest BCUT2D eigenvalue weighted by Gasteiger charge is 2.43. The van der Waals surface area contributed by atoms with E-state index >= 15 is 0 Å².